The predicted octanol–water partition coefficient (Wildman–Crippen LogP) is 3.43. The summed E-state index contributed by atoms with van der Waals surface area (Å²) in [6.45, 7) is 3.48. The summed E-state index contributed by atoms with van der Waals surface area (Å²) in [5, 5.41) is 13.8. The number of halogens is 1. The van der Waals surface area contributed by atoms with Crippen molar-refractivity contribution in [2.24, 2.45) is 0 Å². The van der Waals surface area contributed by atoms with Crippen LogP contribution in [0, 0.1) is 19.7 Å². The van der Waals surface area contributed by atoms with Gasteiger partial charge in [-0.05, 0) is 32.4 Å². The minimum atomic E-state index is -0.964. The molecule has 6 nitrogen and oxygen atoms in total. The molecule has 24 heavy (non-hydrogen) atoms. The molecule has 0 spiro atoms. The summed E-state index contributed by atoms with van der Waals surface area (Å²) >= 11 is 1.17. The Labute approximate surface area is 141 Å². The van der Waals surface area contributed by atoms with Crippen LogP contribution in [0.15, 0.2) is 22.9 Å². The lowest BCUT2D eigenvalue weighted by Crippen LogP contribution is -1.95. The molecule has 0 atom stereocenters. The summed E-state index contributed by atoms with van der Waals surface area (Å²) in [6.07, 6.45) is 2.28. The van der Waals surface area contributed by atoms with E-state index in [4.69, 9.17) is 9.63 Å². The van der Waals surface area contributed by atoms with Gasteiger partial charge in [-0.25, -0.2) is 14.2 Å². The van der Waals surface area contributed by atoms with E-state index in [0.29, 0.717) is 35.7 Å². The molecular weight excluding hydrogens is 333 g/mol. The third-order valence-corrected chi connectivity index (χ3v) is 4.78. The smallest absolute Gasteiger partial charge is 0.347 e. The lowest BCUT2D eigenvalue weighted by molar-refractivity contribution is 0.0701. The molecule has 0 aliphatic rings. The van der Waals surface area contributed by atoms with E-state index in [-0.39, 0.29) is 4.88 Å². The quantitative estimate of drug-likeness (QED) is 0.760. The summed E-state index contributed by atoms with van der Waals surface area (Å²) in [7, 11) is 0. The molecule has 3 aromatic rings. The van der Waals surface area contributed by atoms with Gasteiger partial charge in [-0.3, -0.25) is 4.98 Å². The fourth-order valence-electron chi connectivity index (χ4n) is 2.39. The zero-order valence-electron chi connectivity index (χ0n) is 13.0. The van der Waals surface area contributed by atoms with Crippen molar-refractivity contribution in [3.63, 3.8) is 0 Å². The Morgan fingerprint density at radius 2 is 2.12 bits per heavy atom. The van der Waals surface area contributed by atoms with E-state index in [9.17, 15) is 9.18 Å². The first-order chi connectivity index (χ1) is 11.5. The molecule has 3 aromatic heterocycles. The molecule has 0 aliphatic heterocycles. The standard InChI is InChI=1S/C16H14FN3O3S/c1-8-15(16(21)22)24-13(19-8)6-4-11-9(2)23-20-14(11)12-5-3-10(17)7-18-12/h3,5,7H,4,6H2,1-2H3,(H,21,22). The van der Waals surface area contributed by atoms with Crippen LogP contribution in [0.2, 0.25) is 0 Å². The molecule has 0 saturated carbocycles. The van der Waals surface area contributed by atoms with E-state index in [1.54, 1.807) is 19.9 Å². The number of carbonyl (C=O) groups is 1. The number of carboxylic acid groups (broad SMARTS) is 1. The topological polar surface area (TPSA) is 89.1 Å². The van der Waals surface area contributed by atoms with Gasteiger partial charge in [-0.15, -0.1) is 11.3 Å². The van der Waals surface area contributed by atoms with Crippen LogP contribution < -0.4 is 0 Å². The molecule has 0 saturated heterocycles. The number of aromatic carboxylic acids is 1. The fraction of sp³-hybridized carbons (Fsp3) is 0.250. The summed E-state index contributed by atoms with van der Waals surface area (Å²) in [5.74, 6) is -0.726. The molecule has 0 aromatic carbocycles. The summed E-state index contributed by atoms with van der Waals surface area (Å²) in [5.41, 5.74) is 2.48. The maximum Gasteiger partial charge on any atom is 0.347 e. The lowest BCUT2D eigenvalue weighted by atomic mass is 10.1. The number of rotatable bonds is 5. The van der Waals surface area contributed by atoms with E-state index in [2.05, 4.69) is 15.1 Å². The Morgan fingerprint density at radius 1 is 1.33 bits per heavy atom. The second kappa shape index (κ2) is 6.48. The maximum atomic E-state index is 13.0. The first kappa shape index (κ1) is 16.3. The highest BCUT2D eigenvalue weighted by molar-refractivity contribution is 7.13. The molecule has 3 rings (SSSR count). The largest absolute Gasteiger partial charge is 0.477 e. The van der Waals surface area contributed by atoms with Gasteiger partial charge in [-0.1, -0.05) is 5.16 Å². The molecular formula is C16H14FN3O3S. The number of thiazole rings is 1. The Bertz CT molecular complexity index is 887. The molecule has 1 N–H and O–H groups in total. The first-order valence-corrected chi connectivity index (χ1v) is 8.04. The van der Waals surface area contributed by atoms with E-state index < -0.39 is 11.8 Å². The van der Waals surface area contributed by atoms with Crippen LogP contribution in [0.25, 0.3) is 11.4 Å². The molecule has 0 unspecified atom stereocenters. The minimum absolute atomic E-state index is 0.257. The number of aryl methyl sites for hydroxylation is 3. The van der Waals surface area contributed by atoms with Crippen LogP contribution in [0.1, 0.15) is 31.7 Å². The summed E-state index contributed by atoms with van der Waals surface area (Å²) in [4.78, 5) is 19.7. The average molecular weight is 347 g/mol. The van der Waals surface area contributed by atoms with Crippen molar-refractivity contribution >= 4 is 17.3 Å². The van der Waals surface area contributed by atoms with Crippen LogP contribution in [-0.2, 0) is 12.8 Å². The molecule has 0 aliphatic carbocycles. The van der Waals surface area contributed by atoms with Crippen molar-refractivity contribution in [1.82, 2.24) is 15.1 Å². The van der Waals surface area contributed by atoms with Gasteiger partial charge in [0.25, 0.3) is 0 Å². The Kier molecular flexibility index (Phi) is 4.39. The van der Waals surface area contributed by atoms with Gasteiger partial charge in [0.05, 0.1) is 22.6 Å². The van der Waals surface area contributed by atoms with Gasteiger partial charge in [0, 0.05) is 12.0 Å². The van der Waals surface area contributed by atoms with Crippen LogP contribution in [0.4, 0.5) is 4.39 Å². The van der Waals surface area contributed by atoms with Crippen LogP contribution in [0.3, 0.4) is 0 Å². The minimum Gasteiger partial charge on any atom is -0.477 e. The van der Waals surface area contributed by atoms with Gasteiger partial charge in [-0.2, -0.15) is 0 Å². The SMILES string of the molecule is Cc1nc(CCc2c(-c3ccc(F)cn3)noc2C)sc1C(=O)O. The highest BCUT2D eigenvalue weighted by atomic mass is 32.1. The van der Waals surface area contributed by atoms with Gasteiger partial charge in [0.15, 0.2) is 0 Å². The van der Waals surface area contributed by atoms with Crippen molar-refractivity contribution in [3.05, 3.63) is 51.0 Å². The van der Waals surface area contributed by atoms with Crippen molar-refractivity contribution in [2.75, 3.05) is 0 Å². The number of carboxylic acids is 1. The second-order valence-corrected chi connectivity index (χ2v) is 6.34. The molecule has 0 radical (unpaired) electrons. The van der Waals surface area contributed by atoms with Crippen LogP contribution in [-0.4, -0.2) is 26.2 Å². The first-order valence-electron chi connectivity index (χ1n) is 7.22. The molecule has 0 fully saturated rings. The molecule has 124 valence electrons. The molecule has 3 heterocycles. The van der Waals surface area contributed by atoms with E-state index in [0.717, 1.165) is 16.8 Å². The van der Waals surface area contributed by atoms with Crippen LogP contribution >= 0.6 is 11.3 Å². The van der Waals surface area contributed by atoms with E-state index in [1.807, 2.05) is 0 Å². The Hall–Kier alpha value is -2.61. The third-order valence-electron chi connectivity index (χ3n) is 3.58. The van der Waals surface area contributed by atoms with Crippen molar-refractivity contribution in [3.8, 4) is 11.4 Å². The Balaban J connectivity index is 1.83. The number of hydrogen-bond donors (Lipinski definition) is 1. The highest BCUT2D eigenvalue weighted by Crippen LogP contribution is 2.26. The van der Waals surface area contributed by atoms with Crippen molar-refractivity contribution in [2.45, 2.75) is 26.7 Å². The number of hydrogen-bond acceptors (Lipinski definition) is 6. The highest BCUT2D eigenvalue weighted by Gasteiger charge is 2.18. The summed E-state index contributed by atoms with van der Waals surface area (Å²) in [6, 6.07) is 2.87. The van der Waals surface area contributed by atoms with Gasteiger partial charge in [0.1, 0.15) is 22.1 Å². The van der Waals surface area contributed by atoms with Gasteiger partial charge in [0.2, 0.25) is 0 Å². The third kappa shape index (κ3) is 3.18. The molecule has 8 heteroatoms. The van der Waals surface area contributed by atoms with Crippen molar-refractivity contribution < 1.29 is 18.8 Å². The number of aromatic nitrogens is 3. The predicted molar refractivity (Wildman–Crippen MR) is 85.6 cm³/mol. The number of pyridine rings is 1. The lowest BCUT2D eigenvalue weighted by Gasteiger charge is -2.01. The second-order valence-electron chi connectivity index (χ2n) is 5.25. The van der Waals surface area contributed by atoms with E-state index in [1.165, 1.54) is 17.4 Å². The van der Waals surface area contributed by atoms with Gasteiger partial charge < -0.3 is 9.63 Å². The average Bonchev–Trinajstić information content (AvgIpc) is 3.09. The Morgan fingerprint density at radius 3 is 2.75 bits per heavy atom. The zero-order chi connectivity index (χ0) is 17.3. The number of nitrogens with zero attached hydrogens (tertiary/aromatic N) is 3. The maximum absolute atomic E-state index is 13.0. The van der Waals surface area contributed by atoms with Gasteiger partial charge >= 0.3 is 5.97 Å². The normalized spacial score (nSPS) is 11.0. The summed E-state index contributed by atoms with van der Waals surface area (Å²) < 4.78 is 18.3. The van der Waals surface area contributed by atoms with Crippen LogP contribution in [0.5, 0.6) is 0 Å². The monoisotopic (exact) mass is 347 g/mol. The fourth-order valence-corrected chi connectivity index (χ4v) is 3.30. The van der Waals surface area contributed by atoms with E-state index >= 15 is 0 Å². The molecule has 0 bridgehead atoms. The van der Waals surface area contributed by atoms with Crippen molar-refractivity contribution in [1.29, 1.82) is 0 Å². The molecule has 0 amide bonds. The zero-order valence-corrected chi connectivity index (χ0v) is 13.9.